The topological polar surface area (TPSA) is 79.2 Å². The van der Waals surface area contributed by atoms with Gasteiger partial charge in [0.15, 0.2) is 6.61 Å². The Kier molecular flexibility index (Phi) is 6.31. The molecule has 1 atom stereocenters. The lowest BCUT2D eigenvalue weighted by molar-refractivity contribution is -0.147. The fraction of sp³-hybridized carbons (Fsp3) is 0.650. The summed E-state index contributed by atoms with van der Waals surface area (Å²) in [6.45, 7) is 1.92. The summed E-state index contributed by atoms with van der Waals surface area (Å²) >= 11 is 1.49. The first-order valence-electron chi connectivity index (χ1n) is 9.57. The molecule has 140 valence electrons. The van der Waals surface area contributed by atoms with Crippen LogP contribution in [0.5, 0.6) is 0 Å². The third-order valence-electron chi connectivity index (χ3n) is 5.47. The number of hydrogen-bond donors (Lipinski definition) is 1. The van der Waals surface area contributed by atoms with E-state index < -0.39 is 0 Å². The summed E-state index contributed by atoms with van der Waals surface area (Å²) in [7, 11) is 0. The third-order valence-corrected chi connectivity index (χ3v) is 6.64. The summed E-state index contributed by atoms with van der Waals surface area (Å²) in [4.78, 5) is 25.2. The molecule has 1 aromatic rings. The normalized spacial score (nSPS) is 19.6. The van der Waals surface area contributed by atoms with Gasteiger partial charge < -0.3 is 10.1 Å². The monoisotopic (exact) mass is 374 g/mol. The number of fused-ring (bicyclic) bond motifs is 1. The molecule has 0 aliphatic heterocycles. The van der Waals surface area contributed by atoms with Crippen molar-refractivity contribution in [1.29, 1.82) is 5.26 Å². The molecule has 1 saturated carbocycles. The molecule has 0 unspecified atom stereocenters. The highest BCUT2D eigenvalue weighted by molar-refractivity contribution is 7.16. The SMILES string of the molecule is C[C@@H]1CCc2c(sc(NC(=O)COC(=O)CCC3CCCC3)c2C#N)C1. The van der Waals surface area contributed by atoms with Gasteiger partial charge in [0.1, 0.15) is 11.1 Å². The fourth-order valence-electron chi connectivity index (χ4n) is 3.96. The Morgan fingerprint density at radius 3 is 2.81 bits per heavy atom. The Hall–Kier alpha value is -1.87. The van der Waals surface area contributed by atoms with Crippen LogP contribution in [0.3, 0.4) is 0 Å². The van der Waals surface area contributed by atoms with E-state index in [1.54, 1.807) is 0 Å². The average Bonchev–Trinajstić information content (AvgIpc) is 3.24. The van der Waals surface area contributed by atoms with Crippen LogP contribution < -0.4 is 5.32 Å². The van der Waals surface area contributed by atoms with Crippen molar-refractivity contribution in [3.63, 3.8) is 0 Å². The number of hydrogen-bond acceptors (Lipinski definition) is 5. The molecule has 3 rings (SSSR count). The van der Waals surface area contributed by atoms with Crippen molar-refractivity contribution in [2.24, 2.45) is 11.8 Å². The van der Waals surface area contributed by atoms with E-state index in [1.807, 2.05) is 0 Å². The molecule has 1 heterocycles. The number of esters is 1. The maximum atomic E-state index is 12.1. The number of nitriles is 1. The number of ether oxygens (including phenoxy) is 1. The Morgan fingerprint density at radius 2 is 2.08 bits per heavy atom. The maximum Gasteiger partial charge on any atom is 0.306 e. The van der Waals surface area contributed by atoms with Gasteiger partial charge >= 0.3 is 5.97 Å². The van der Waals surface area contributed by atoms with Crippen LogP contribution in [0.15, 0.2) is 0 Å². The first-order chi connectivity index (χ1) is 12.6. The molecule has 1 aromatic heterocycles. The van der Waals surface area contributed by atoms with Gasteiger partial charge in [-0.3, -0.25) is 9.59 Å². The van der Waals surface area contributed by atoms with Crippen molar-refractivity contribution < 1.29 is 14.3 Å². The van der Waals surface area contributed by atoms with E-state index in [1.165, 1.54) is 41.9 Å². The number of rotatable bonds is 6. The minimum Gasteiger partial charge on any atom is -0.456 e. The van der Waals surface area contributed by atoms with Crippen molar-refractivity contribution in [2.75, 3.05) is 11.9 Å². The summed E-state index contributed by atoms with van der Waals surface area (Å²) in [5.74, 6) is 0.556. The second kappa shape index (κ2) is 8.68. The van der Waals surface area contributed by atoms with Crippen LogP contribution >= 0.6 is 11.3 Å². The number of carbonyl (C=O) groups is 2. The van der Waals surface area contributed by atoms with Gasteiger partial charge in [-0.05, 0) is 43.1 Å². The van der Waals surface area contributed by atoms with Crippen molar-refractivity contribution >= 4 is 28.2 Å². The Labute approximate surface area is 158 Å². The average molecular weight is 375 g/mol. The van der Waals surface area contributed by atoms with Crippen LogP contribution in [-0.2, 0) is 27.2 Å². The first kappa shape index (κ1) is 18.9. The molecular weight excluding hydrogens is 348 g/mol. The molecule has 0 saturated heterocycles. The number of amides is 1. The summed E-state index contributed by atoms with van der Waals surface area (Å²) in [6, 6.07) is 2.23. The summed E-state index contributed by atoms with van der Waals surface area (Å²) < 4.78 is 5.10. The zero-order chi connectivity index (χ0) is 18.5. The molecule has 1 amide bonds. The number of thiophene rings is 1. The van der Waals surface area contributed by atoms with Gasteiger partial charge in [0.25, 0.3) is 5.91 Å². The van der Waals surface area contributed by atoms with Gasteiger partial charge in [0, 0.05) is 11.3 Å². The Balaban J connectivity index is 1.49. The zero-order valence-corrected chi connectivity index (χ0v) is 16.1. The first-order valence-corrected chi connectivity index (χ1v) is 10.4. The van der Waals surface area contributed by atoms with Gasteiger partial charge in [-0.15, -0.1) is 11.3 Å². The summed E-state index contributed by atoms with van der Waals surface area (Å²) in [6.07, 6.45) is 9.08. The zero-order valence-electron chi connectivity index (χ0n) is 15.3. The molecule has 5 nitrogen and oxygen atoms in total. The standard InChI is InChI=1S/C20H26N2O3S/c1-13-6-8-15-16(11-21)20(26-17(15)10-13)22-18(23)12-25-19(24)9-7-14-4-2-3-5-14/h13-14H,2-10,12H2,1H3,(H,22,23)/t13-/m1/s1. The molecule has 26 heavy (non-hydrogen) atoms. The Bertz CT molecular complexity index is 713. The van der Waals surface area contributed by atoms with Gasteiger partial charge in [-0.2, -0.15) is 5.26 Å². The van der Waals surface area contributed by atoms with E-state index in [4.69, 9.17) is 4.74 Å². The number of anilines is 1. The molecule has 0 aromatic carbocycles. The highest BCUT2D eigenvalue weighted by Gasteiger charge is 2.25. The van der Waals surface area contributed by atoms with E-state index in [-0.39, 0.29) is 18.5 Å². The quantitative estimate of drug-likeness (QED) is 0.757. The molecule has 0 bridgehead atoms. The summed E-state index contributed by atoms with van der Waals surface area (Å²) in [5, 5.41) is 12.8. The molecule has 2 aliphatic carbocycles. The lowest BCUT2D eigenvalue weighted by Gasteiger charge is -2.17. The minimum absolute atomic E-state index is 0.284. The highest BCUT2D eigenvalue weighted by Crippen LogP contribution is 2.39. The second-order valence-corrected chi connectivity index (χ2v) is 8.67. The van der Waals surface area contributed by atoms with Gasteiger partial charge in [-0.25, -0.2) is 0 Å². The summed E-state index contributed by atoms with van der Waals surface area (Å²) in [5.41, 5.74) is 1.66. The van der Waals surface area contributed by atoms with Crippen LogP contribution in [0, 0.1) is 23.2 Å². The smallest absolute Gasteiger partial charge is 0.306 e. The molecular formula is C20H26N2O3S. The molecule has 0 radical (unpaired) electrons. The van der Waals surface area contributed by atoms with E-state index in [0.717, 1.165) is 31.2 Å². The van der Waals surface area contributed by atoms with Crippen molar-refractivity contribution in [3.8, 4) is 6.07 Å². The highest BCUT2D eigenvalue weighted by atomic mass is 32.1. The van der Waals surface area contributed by atoms with E-state index in [9.17, 15) is 14.9 Å². The van der Waals surface area contributed by atoms with Crippen molar-refractivity contribution in [3.05, 3.63) is 16.0 Å². The molecule has 2 aliphatic rings. The largest absolute Gasteiger partial charge is 0.456 e. The van der Waals surface area contributed by atoms with Crippen LogP contribution in [0.1, 0.15) is 67.9 Å². The van der Waals surface area contributed by atoms with Crippen LogP contribution in [0.2, 0.25) is 0 Å². The predicted molar refractivity (Wildman–Crippen MR) is 101 cm³/mol. The predicted octanol–water partition coefficient (Wildman–Crippen LogP) is 4.20. The molecule has 1 fully saturated rings. The van der Waals surface area contributed by atoms with Gasteiger partial charge in [0.05, 0.1) is 5.56 Å². The van der Waals surface area contributed by atoms with Crippen molar-refractivity contribution in [2.45, 2.75) is 64.7 Å². The minimum atomic E-state index is -0.373. The second-order valence-electron chi connectivity index (χ2n) is 7.57. The van der Waals surface area contributed by atoms with Crippen LogP contribution in [0.4, 0.5) is 5.00 Å². The van der Waals surface area contributed by atoms with E-state index >= 15 is 0 Å². The molecule has 0 spiro atoms. The number of nitrogens with zero attached hydrogens (tertiary/aromatic N) is 1. The van der Waals surface area contributed by atoms with Gasteiger partial charge in [0.2, 0.25) is 0 Å². The van der Waals surface area contributed by atoms with E-state index in [2.05, 4.69) is 18.3 Å². The Morgan fingerprint density at radius 1 is 1.31 bits per heavy atom. The van der Waals surface area contributed by atoms with Gasteiger partial charge in [-0.1, -0.05) is 32.6 Å². The molecule has 1 N–H and O–H groups in total. The number of carbonyl (C=O) groups excluding carboxylic acids is 2. The maximum absolute atomic E-state index is 12.1. The third kappa shape index (κ3) is 4.64. The lowest BCUT2D eigenvalue weighted by Crippen LogP contribution is -2.21. The lowest BCUT2D eigenvalue weighted by atomic mass is 9.89. The fourth-order valence-corrected chi connectivity index (χ4v) is 5.34. The van der Waals surface area contributed by atoms with E-state index in [0.29, 0.717) is 28.8 Å². The van der Waals surface area contributed by atoms with Crippen LogP contribution in [-0.4, -0.2) is 18.5 Å². The van der Waals surface area contributed by atoms with Crippen LogP contribution in [0.25, 0.3) is 0 Å². The van der Waals surface area contributed by atoms with Crippen molar-refractivity contribution in [1.82, 2.24) is 0 Å². The number of nitrogens with one attached hydrogen (secondary N) is 1. The molecule has 6 heteroatoms.